The second-order valence-corrected chi connectivity index (χ2v) is 6.69. The number of rotatable bonds is 4. The lowest BCUT2D eigenvalue weighted by atomic mass is 9.99. The van der Waals surface area contributed by atoms with Crippen molar-refractivity contribution in [1.29, 1.82) is 0 Å². The van der Waals surface area contributed by atoms with Gasteiger partial charge in [-0.2, -0.15) is 5.10 Å². The molecule has 1 unspecified atom stereocenters. The van der Waals surface area contributed by atoms with E-state index in [1.807, 2.05) is 25.8 Å². The molecule has 0 saturated carbocycles. The Morgan fingerprint density at radius 2 is 1.71 bits per heavy atom. The molecule has 24 heavy (non-hydrogen) atoms. The van der Waals surface area contributed by atoms with E-state index in [9.17, 15) is 9.59 Å². The summed E-state index contributed by atoms with van der Waals surface area (Å²) < 4.78 is 7.06. The van der Waals surface area contributed by atoms with Gasteiger partial charge in [-0.15, -0.1) is 0 Å². The van der Waals surface area contributed by atoms with Gasteiger partial charge in [-0.3, -0.25) is 14.3 Å². The minimum atomic E-state index is -0.418. The fraction of sp³-hybridized carbons (Fsp3) is 0.722. The zero-order chi connectivity index (χ0) is 17.7. The molecular weight excluding hydrogens is 306 g/mol. The van der Waals surface area contributed by atoms with Gasteiger partial charge >= 0.3 is 5.97 Å². The third-order valence-electron chi connectivity index (χ3n) is 4.90. The van der Waals surface area contributed by atoms with Crippen molar-refractivity contribution in [2.24, 2.45) is 7.05 Å². The minimum absolute atomic E-state index is 0.0860. The van der Waals surface area contributed by atoms with E-state index in [1.54, 1.807) is 11.6 Å². The second-order valence-electron chi connectivity index (χ2n) is 6.69. The summed E-state index contributed by atoms with van der Waals surface area (Å²) in [4.78, 5) is 26.5. The van der Waals surface area contributed by atoms with Gasteiger partial charge in [0.1, 0.15) is 0 Å². The van der Waals surface area contributed by atoms with Crippen LogP contribution in [-0.2, 0) is 21.4 Å². The van der Waals surface area contributed by atoms with Gasteiger partial charge in [0.15, 0.2) is 6.61 Å². The minimum Gasteiger partial charge on any atom is -0.455 e. The van der Waals surface area contributed by atoms with Gasteiger partial charge in [0, 0.05) is 31.4 Å². The molecule has 6 nitrogen and oxygen atoms in total. The molecule has 134 valence electrons. The number of likely N-dealkylation sites (tertiary alicyclic amines) is 1. The third-order valence-corrected chi connectivity index (χ3v) is 4.90. The quantitative estimate of drug-likeness (QED) is 0.793. The van der Waals surface area contributed by atoms with Crippen molar-refractivity contribution in [3.05, 3.63) is 17.0 Å². The Bertz CT molecular complexity index is 587. The third kappa shape index (κ3) is 4.36. The summed E-state index contributed by atoms with van der Waals surface area (Å²) in [7, 11) is 1.86. The summed E-state index contributed by atoms with van der Waals surface area (Å²) in [5.74, 6) is -0.870. The molecule has 0 aromatic carbocycles. The summed E-state index contributed by atoms with van der Waals surface area (Å²) in [6.45, 7) is 7.00. The van der Waals surface area contributed by atoms with Crippen LogP contribution < -0.4 is 0 Å². The monoisotopic (exact) mass is 335 g/mol. The smallest absolute Gasteiger partial charge is 0.313 e. The van der Waals surface area contributed by atoms with Gasteiger partial charge in [-0.05, 0) is 33.6 Å². The van der Waals surface area contributed by atoms with Crippen LogP contribution in [0.15, 0.2) is 0 Å². The first-order valence-corrected chi connectivity index (χ1v) is 8.86. The van der Waals surface area contributed by atoms with Crippen LogP contribution in [-0.4, -0.2) is 46.3 Å². The van der Waals surface area contributed by atoms with E-state index in [-0.39, 0.29) is 18.5 Å². The summed E-state index contributed by atoms with van der Waals surface area (Å²) in [5, 5.41) is 4.34. The van der Waals surface area contributed by atoms with Gasteiger partial charge in [0.25, 0.3) is 5.91 Å². The molecule has 1 aliphatic rings. The fourth-order valence-corrected chi connectivity index (χ4v) is 3.38. The van der Waals surface area contributed by atoms with Crippen molar-refractivity contribution in [3.8, 4) is 0 Å². The van der Waals surface area contributed by atoms with Gasteiger partial charge in [-0.25, -0.2) is 0 Å². The molecule has 1 amide bonds. The van der Waals surface area contributed by atoms with Crippen LogP contribution in [0.1, 0.15) is 61.9 Å². The van der Waals surface area contributed by atoms with Crippen molar-refractivity contribution < 1.29 is 14.3 Å². The lowest BCUT2D eigenvalue weighted by molar-refractivity contribution is -0.153. The SMILES string of the molecule is Cc1nn(C)c(C)c1C(C)C(=O)OCC(=O)N1CCCCCCC1. The van der Waals surface area contributed by atoms with Crippen LogP contribution in [0, 0.1) is 13.8 Å². The summed E-state index contributed by atoms with van der Waals surface area (Å²) in [6.07, 6.45) is 5.65. The zero-order valence-electron chi connectivity index (χ0n) is 15.3. The summed E-state index contributed by atoms with van der Waals surface area (Å²) in [6, 6.07) is 0. The fourth-order valence-electron chi connectivity index (χ4n) is 3.38. The van der Waals surface area contributed by atoms with E-state index < -0.39 is 5.92 Å². The van der Waals surface area contributed by atoms with Crippen molar-refractivity contribution in [2.75, 3.05) is 19.7 Å². The van der Waals surface area contributed by atoms with E-state index in [2.05, 4.69) is 5.10 Å². The molecule has 1 atom stereocenters. The molecule has 0 N–H and O–H groups in total. The Morgan fingerprint density at radius 1 is 1.12 bits per heavy atom. The molecule has 0 bridgehead atoms. The zero-order valence-corrected chi connectivity index (χ0v) is 15.3. The molecule has 0 radical (unpaired) electrons. The maximum Gasteiger partial charge on any atom is 0.313 e. The lowest BCUT2D eigenvalue weighted by Gasteiger charge is -2.24. The van der Waals surface area contributed by atoms with Crippen LogP contribution in [0.5, 0.6) is 0 Å². The molecular formula is C18H29N3O3. The normalized spacial score (nSPS) is 17.1. The highest BCUT2D eigenvalue weighted by molar-refractivity contribution is 5.83. The van der Waals surface area contributed by atoms with E-state index in [0.29, 0.717) is 0 Å². The van der Waals surface area contributed by atoms with Gasteiger partial charge in [0.2, 0.25) is 0 Å². The van der Waals surface area contributed by atoms with E-state index >= 15 is 0 Å². The number of nitrogens with zero attached hydrogens (tertiary/aromatic N) is 3. The number of ether oxygens (including phenoxy) is 1. The highest BCUT2D eigenvalue weighted by Crippen LogP contribution is 2.24. The predicted octanol–water partition coefficient (Wildman–Crippen LogP) is 2.48. The Labute approximate surface area is 144 Å². The number of aryl methyl sites for hydroxylation is 2. The van der Waals surface area contributed by atoms with E-state index in [4.69, 9.17) is 4.74 Å². The number of hydrogen-bond acceptors (Lipinski definition) is 4. The van der Waals surface area contributed by atoms with Crippen LogP contribution in [0.2, 0.25) is 0 Å². The van der Waals surface area contributed by atoms with Crippen molar-refractivity contribution >= 4 is 11.9 Å². The Hall–Kier alpha value is -1.85. The Balaban J connectivity index is 1.90. The average Bonchev–Trinajstić information content (AvgIpc) is 2.76. The number of esters is 1. The molecule has 6 heteroatoms. The van der Waals surface area contributed by atoms with Crippen LogP contribution in [0.25, 0.3) is 0 Å². The first kappa shape index (κ1) is 18.5. The molecule has 1 aromatic heterocycles. The van der Waals surface area contributed by atoms with Crippen LogP contribution in [0.3, 0.4) is 0 Å². The van der Waals surface area contributed by atoms with Gasteiger partial charge < -0.3 is 9.64 Å². The summed E-state index contributed by atoms with van der Waals surface area (Å²) >= 11 is 0. The molecule has 1 aliphatic heterocycles. The molecule has 0 aliphatic carbocycles. The Kier molecular flexibility index (Phi) is 6.40. The van der Waals surface area contributed by atoms with E-state index in [1.165, 1.54) is 19.3 Å². The molecule has 1 aromatic rings. The van der Waals surface area contributed by atoms with Gasteiger partial charge in [-0.1, -0.05) is 19.3 Å². The lowest BCUT2D eigenvalue weighted by Crippen LogP contribution is -2.37. The van der Waals surface area contributed by atoms with E-state index in [0.717, 1.165) is 42.9 Å². The highest BCUT2D eigenvalue weighted by atomic mass is 16.5. The standard InChI is InChI=1S/C18H29N3O3/c1-13(17-14(2)19-20(4)15(17)3)18(23)24-12-16(22)21-10-8-6-5-7-9-11-21/h13H,5-12H2,1-4H3. The first-order valence-electron chi connectivity index (χ1n) is 8.86. The maximum absolute atomic E-state index is 12.3. The molecule has 0 spiro atoms. The molecule has 2 rings (SSSR count). The molecule has 2 heterocycles. The first-order chi connectivity index (χ1) is 11.4. The second kappa shape index (κ2) is 8.31. The number of carbonyl (C=O) groups is 2. The number of aromatic nitrogens is 2. The van der Waals surface area contributed by atoms with Gasteiger partial charge in [0.05, 0.1) is 11.6 Å². The average molecular weight is 335 g/mol. The predicted molar refractivity (Wildman–Crippen MR) is 91.7 cm³/mol. The van der Waals surface area contributed by atoms with Crippen LogP contribution >= 0.6 is 0 Å². The Morgan fingerprint density at radius 3 is 2.25 bits per heavy atom. The molecule has 1 saturated heterocycles. The summed E-state index contributed by atoms with van der Waals surface area (Å²) in [5.41, 5.74) is 2.67. The maximum atomic E-state index is 12.3. The topological polar surface area (TPSA) is 64.4 Å². The van der Waals surface area contributed by atoms with Crippen molar-refractivity contribution in [1.82, 2.24) is 14.7 Å². The van der Waals surface area contributed by atoms with Crippen molar-refractivity contribution in [2.45, 2.75) is 58.8 Å². The van der Waals surface area contributed by atoms with Crippen LogP contribution in [0.4, 0.5) is 0 Å². The van der Waals surface area contributed by atoms with Crippen molar-refractivity contribution in [3.63, 3.8) is 0 Å². The number of carbonyl (C=O) groups excluding carboxylic acids is 2. The largest absolute Gasteiger partial charge is 0.455 e. The highest BCUT2D eigenvalue weighted by Gasteiger charge is 2.25. The number of hydrogen-bond donors (Lipinski definition) is 0. The molecule has 1 fully saturated rings. The number of amides is 1.